The third kappa shape index (κ3) is 4.67. The van der Waals surface area contributed by atoms with Gasteiger partial charge >= 0.3 is 0 Å². The van der Waals surface area contributed by atoms with Crippen LogP contribution >= 0.6 is 24.2 Å². The largest absolute Gasteiger partial charge is 0.420 e. The minimum absolute atomic E-state index is 0. The molecule has 0 N–H and O–H groups in total. The van der Waals surface area contributed by atoms with Gasteiger partial charge in [-0.25, -0.2) is 4.98 Å². The molecule has 0 amide bonds. The topological polar surface area (TPSA) is 83.0 Å². The predicted molar refractivity (Wildman–Crippen MR) is 114 cm³/mol. The van der Waals surface area contributed by atoms with Crippen molar-refractivity contribution in [3.05, 3.63) is 70.8 Å². The zero-order valence-electron chi connectivity index (χ0n) is 15.6. The minimum Gasteiger partial charge on any atom is -0.420 e. The molecule has 0 bridgehead atoms. The molecule has 0 aliphatic heterocycles. The fourth-order valence-electron chi connectivity index (χ4n) is 2.77. The number of aromatic nitrogens is 4. The van der Waals surface area contributed by atoms with Gasteiger partial charge in [0.2, 0.25) is 11.8 Å². The molecule has 29 heavy (non-hydrogen) atoms. The number of rotatable bonds is 7. The summed E-state index contributed by atoms with van der Waals surface area (Å²) in [7, 11) is 1.61. The van der Waals surface area contributed by atoms with Crippen LogP contribution in [0.2, 0.25) is 0 Å². The van der Waals surface area contributed by atoms with Crippen molar-refractivity contribution in [2.24, 2.45) is 0 Å². The molecule has 2 aromatic carbocycles. The van der Waals surface area contributed by atoms with Crippen molar-refractivity contribution < 1.29 is 9.15 Å². The Morgan fingerprint density at radius 3 is 2.62 bits per heavy atom. The Hall–Kier alpha value is -2.68. The molecule has 0 aliphatic carbocycles. The maximum atomic E-state index is 12.9. The van der Waals surface area contributed by atoms with Crippen LogP contribution in [0.4, 0.5) is 0 Å². The van der Waals surface area contributed by atoms with Crippen LogP contribution in [-0.4, -0.2) is 33.5 Å². The number of thioether (sulfide) groups is 1. The number of hydrogen-bond acceptors (Lipinski definition) is 7. The molecule has 0 fully saturated rings. The Morgan fingerprint density at radius 2 is 1.83 bits per heavy atom. The molecule has 7 nitrogen and oxygen atoms in total. The van der Waals surface area contributed by atoms with Gasteiger partial charge in [-0.05, 0) is 24.3 Å². The number of fused-ring (bicyclic) bond motifs is 1. The first kappa shape index (κ1) is 21.0. The van der Waals surface area contributed by atoms with E-state index in [0.29, 0.717) is 46.7 Å². The van der Waals surface area contributed by atoms with Gasteiger partial charge in [0.25, 0.3) is 5.56 Å². The SMILES string of the molecule is COCCn1c(SCc2nnc(-c3ccccc3)o2)nc2ccccc2c1=O.Cl. The maximum absolute atomic E-state index is 12.9. The zero-order valence-corrected chi connectivity index (χ0v) is 17.3. The van der Waals surface area contributed by atoms with Crippen LogP contribution in [0.3, 0.4) is 0 Å². The molecule has 0 radical (unpaired) electrons. The van der Waals surface area contributed by atoms with Gasteiger partial charge in [-0.2, -0.15) is 0 Å². The standard InChI is InChI=1S/C20H18N4O3S.ClH/c1-26-12-11-24-19(25)15-9-5-6-10-16(15)21-20(24)28-13-17-22-23-18(27-17)14-7-3-2-4-8-14;/h2-10H,11-13H2,1H3;1H. The van der Waals surface area contributed by atoms with Gasteiger partial charge in [0, 0.05) is 12.7 Å². The van der Waals surface area contributed by atoms with E-state index < -0.39 is 0 Å². The number of para-hydroxylation sites is 1. The van der Waals surface area contributed by atoms with E-state index in [0.717, 1.165) is 5.56 Å². The third-order valence-corrected chi connectivity index (χ3v) is 5.12. The van der Waals surface area contributed by atoms with Crippen molar-refractivity contribution in [2.45, 2.75) is 17.5 Å². The molecule has 4 rings (SSSR count). The summed E-state index contributed by atoms with van der Waals surface area (Å²) in [6.45, 7) is 0.848. The van der Waals surface area contributed by atoms with Crippen molar-refractivity contribution in [1.29, 1.82) is 0 Å². The second kappa shape index (κ2) is 9.69. The summed E-state index contributed by atoms with van der Waals surface area (Å²) in [5.74, 6) is 1.36. The van der Waals surface area contributed by atoms with Crippen molar-refractivity contribution >= 4 is 35.1 Å². The number of ether oxygens (including phenoxy) is 1. The molecule has 150 valence electrons. The summed E-state index contributed by atoms with van der Waals surface area (Å²) in [5, 5.41) is 9.39. The molecule has 4 aromatic rings. The Labute approximate surface area is 177 Å². The molecule has 0 atom stereocenters. The van der Waals surface area contributed by atoms with Gasteiger partial charge in [0.05, 0.1) is 29.8 Å². The van der Waals surface area contributed by atoms with Crippen LogP contribution in [0.25, 0.3) is 22.4 Å². The summed E-state index contributed by atoms with van der Waals surface area (Å²) in [6, 6.07) is 16.9. The highest BCUT2D eigenvalue weighted by molar-refractivity contribution is 7.98. The molecule has 2 aromatic heterocycles. The molecule has 0 saturated carbocycles. The van der Waals surface area contributed by atoms with Crippen LogP contribution in [-0.2, 0) is 17.0 Å². The lowest BCUT2D eigenvalue weighted by Crippen LogP contribution is -2.25. The van der Waals surface area contributed by atoms with Crippen LogP contribution in [0.1, 0.15) is 5.89 Å². The van der Waals surface area contributed by atoms with Gasteiger partial charge in [-0.1, -0.05) is 42.1 Å². The van der Waals surface area contributed by atoms with Crippen molar-refractivity contribution in [1.82, 2.24) is 19.7 Å². The highest BCUT2D eigenvalue weighted by Crippen LogP contribution is 2.24. The smallest absolute Gasteiger partial charge is 0.262 e. The van der Waals surface area contributed by atoms with E-state index >= 15 is 0 Å². The first-order valence-electron chi connectivity index (χ1n) is 8.75. The van der Waals surface area contributed by atoms with E-state index in [4.69, 9.17) is 9.15 Å². The molecule has 2 heterocycles. The highest BCUT2D eigenvalue weighted by Gasteiger charge is 2.14. The Balaban J connectivity index is 0.00000240. The number of benzene rings is 2. The molecule has 0 aliphatic rings. The van der Waals surface area contributed by atoms with Gasteiger partial charge in [-0.15, -0.1) is 22.6 Å². The van der Waals surface area contributed by atoms with Crippen molar-refractivity contribution in [3.63, 3.8) is 0 Å². The minimum atomic E-state index is -0.0827. The molecular formula is C20H19ClN4O3S. The van der Waals surface area contributed by atoms with Crippen LogP contribution in [0.15, 0.2) is 69.0 Å². The monoisotopic (exact) mass is 430 g/mol. The van der Waals surface area contributed by atoms with Gasteiger partial charge in [-0.3, -0.25) is 9.36 Å². The highest BCUT2D eigenvalue weighted by atomic mass is 35.5. The van der Waals surface area contributed by atoms with E-state index in [1.807, 2.05) is 48.5 Å². The first-order chi connectivity index (χ1) is 13.8. The average molecular weight is 431 g/mol. The molecule has 0 unspecified atom stereocenters. The van der Waals surface area contributed by atoms with E-state index in [-0.39, 0.29) is 18.0 Å². The van der Waals surface area contributed by atoms with E-state index in [1.165, 1.54) is 11.8 Å². The Bertz CT molecular complexity index is 1150. The molecule has 0 saturated heterocycles. The second-order valence-corrected chi connectivity index (χ2v) is 6.96. The summed E-state index contributed by atoms with van der Waals surface area (Å²) in [4.78, 5) is 17.5. The zero-order chi connectivity index (χ0) is 19.3. The number of methoxy groups -OCH3 is 1. The number of hydrogen-bond donors (Lipinski definition) is 0. The quantitative estimate of drug-likeness (QED) is 0.325. The number of nitrogens with zero attached hydrogens (tertiary/aromatic N) is 4. The van der Waals surface area contributed by atoms with Gasteiger partial charge in [0.1, 0.15) is 0 Å². The third-order valence-electron chi connectivity index (χ3n) is 4.16. The van der Waals surface area contributed by atoms with Crippen LogP contribution < -0.4 is 5.56 Å². The Morgan fingerprint density at radius 1 is 1.07 bits per heavy atom. The molecule has 0 spiro atoms. The summed E-state index contributed by atoms with van der Waals surface area (Å²) in [5.41, 5.74) is 1.45. The second-order valence-electron chi connectivity index (χ2n) is 6.02. The fourth-order valence-corrected chi connectivity index (χ4v) is 3.64. The van der Waals surface area contributed by atoms with E-state index in [9.17, 15) is 4.79 Å². The predicted octanol–water partition coefficient (Wildman–Crippen LogP) is 3.81. The lowest BCUT2D eigenvalue weighted by atomic mass is 10.2. The lowest BCUT2D eigenvalue weighted by Gasteiger charge is -2.12. The van der Waals surface area contributed by atoms with Gasteiger partial charge < -0.3 is 9.15 Å². The van der Waals surface area contributed by atoms with Gasteiger partial charge in [0.15, 0.2) is 5.16 Å². The van der Waals surface area contributed by atoms with Crippen molar-refractivity contribution in [3.8, 4) is 11.5 Å². The first-order valence-corrected chi connectivity index (χ1v) is 9.74. The fraction of sp³-hybridized carbons (Fsp3) is 0.200. The molecule has 9 heteroatoms. The van der Waals surface area contributed by atoms with Crippen molar-refractivity contribution in [2.75, 3.05) is 13.7 Å². The lowest BCUT2D eigenvalue weighted by molar-refractivity contribution is 0.183. The van der Waals surface area contributed by atoms with E-state index in [1.54, 1.807) is 17.7 Å². The van der Waals surface area contributed by atoms with Crippen LogP contribution in [0, 0.1) is 0 Å². The summed E-state index contributed by atoms with van der Waals surface area (Å²) >= 11 is 1.39. The van der Waals surface area contributed by atoms with Crippen LogP contribution in [0.5, 0.6) is 0 Å². The van der Waals surface area contributed by atoms with E-state index in [2.05, 4.69) is 15.2 Å². The molecular weight excluding hydrogens is 412 g/mol. The number of halogens is 1. The maximum Gasteiger partial charge on any atom is 0.262 e. The Kier molecular flexibility index (Phi) is 7.03. The normalized spacial score (nSPS) is 10.8. The summed E-state index contributed by atoms with van der Waals surface area (Å²) < 4.78 is 12.5. The summed E-state index contributed by atoms with van der Waals surface area (Å²) in [6.07, 6.45) is 0. The average Bonchev–Trinajstić information content (AvgIpc) is 3.21.